The lowest BCUT2D eigenvalue weighted by atomic mass is 10.1. The fourth-order valence-electron chi connectivity index (χ4n) is 3.33. The van der Waals surface area contributed by atoms with E-state index in [1.165, 1.54) is 23.2 Å². The number of thioether (sulfide) groups is 1. The molecule has 0 radical (unpaired) electrons. The molecule has 0 aliphatic heterocycles. The maximum Gasteiger partial charge on any atom is 0.339 e. The van der Waals surface area contributed by atoms with Crippen molar-refractivity contribution >= 4 is 68.4 Å². The molecule has 1 amide bonds. The summed E-state index contributed by atoms with van der Waals surface area (Å²) in [6.45, 7) is -0.236. The van der Waals surface area contributed by atoms with Crippen molar-refractivity contribution in [3.63, 3.8) is 0 Å². The third-order valence-corrected chi connectivity index (χ3v) is 9.10. The van der Waals surface area contributed by atoms with E-state index in [1.807, 2.05) is 6.07 Å². The number of hydrogen-bond acceptors (Lipinski definition) is 9. The van der Waals surface area contributed by atoms with Crippen LogP contribution in [0.25, 0.3) is 0 Å². The van der Waals surface area contributed by atoms with Crippen LogP contribution >= 0.6 is 34.7 Å². The predicted molar refractivity (Wildman–Crippen MR) is 150 cm³/mol. The first-order chi connectivity index (χ1) is 18.9. The lowest BCUT2D eigenvalue weighted by Gasteiger charge is -2.15. The average molecular weight is 627 g/mol. The number of carbonyl (C=O) groups is 4. The van der Waals surface area contributed by atoms with Crippen LogP contribution in [0.1, 0.15) is 37.6 Å². The number of carboxylic acid groups (broad SMARTS) is 2. The second-order valence-electron chi connectivity index (χ2n) is 8.28. The number of aromatic carboxylic acids is 1. The molecule has 2 aromatic carbocycles. The number of ketones is 1. The molecule has 11 nitrogen and oxygen atoms in total. The SMILES string of the molecule is O=C(O)C[C@H](NC(=O)c1csc(CNS(=O)(=O)c2ccc(O)c(C(=O)O)c2)c1)C(=O)CSCc1ccccc1Cl. The van der Waals surface area contributed by atoms with Gasteiger partial charge in [-0.1, -0.05) is 29.8 Å². The molecular formula is C25H23ClN2O9S3. The number of nitrogens with one attached hydrogen (secondary N) is 2. The molecule has 1 aromatic heterocycles. The number of carboxylic acids is 2. The highest BCUT2D eigenvalue weighted by molar-refractivity contribution is 7.99. The first-order valence-corrected chi connectivity index (χ1v) is 15.3. The molecule has 0 saturated carbocycles. The number of halogens is 1. The van der Waals surface area contributed by atoms with Gasteiger partial charge in [0.2, 0.25) is 10.0 Å². The molecule has 0 aliphatic carbocycles. The first-order valence-electron chi connectivity index (χ1n) is 11.4. The van der Waals surface area contributed by atoms with Crippen molar-refractivity contribution in [2.24, 2.45) is 0 Å². The van der Waals surface area contributed by atoms with Crippen LogP contribution in [0, 0.1) is 0 Å². The summed E-state index contributed by atoms with van der Waals surface area (Å²) in [4.78, 5) is 48.0. The highest BCUT2D eigenvalue weighted by Crippen LogP contribution is 2.23. The third-order valence-electron chi connectivity index (χ3n) is 5.39. The molecule has 40 heavy (non-hydrogen) atoms. The van der Waals surface area contributed by atoms with Crippen LogP contribution in [0.5, 0.6) is 5.75 Å². The molecule has 1 heterocycles. The molecule has 1 atom stereocenters. The third kappa shape index (κ3) is 8.53. The van der Waals surface area contributed by atoms with E-state index in [1.54, 1.807) is 18.2 Å². The van der Waals surface area contributed by atoms with Crippen molar-refractivity contribution < 1.29 is 42.9 Å². The topological polar surface area (TPSA) is 187 Å². The molecule has 0 spiro atoms. The zero-order valence-electron chi connectivity index (χ0n) is 20.5. The molecule has 212 valence electrons. The average Bonchev–Trinajstić information content (AvgIpc) is 3.37. The van der Waals surface area contributed by atoms with Gasteiger partial charge in [-0.3, -0.25) is 14.4 Å². The van der Waals surface area contributed by atoms with E-state index < -0.39 is 57.4 Å². The first kappa shape index (κ1) is 31.1. The van der Waals surface area contributed by atoms with E-state index >= 15 is 0 Å². The van der Waals surface area contributed by atoms with Crippen molar-refractivity contribution in [2.75, 3.05) is 5.75 Å². The summed E-state index contributed by atoms with van der Waals surface area (Å²) in [7, 11) is -4.16. The second-order valence-corrected chi connectivity index (χ2v) is 12.4. The molecule has 15 heteroatoms. The molecule has 0 bridgehead atoms. The molecule has 0 saturated heterocycles. The highest BCUT2D eigenvalue weighted by Gasteiger charge is 2.25. The van der Waals surface area contributed by atoms with E-state index in [9.17, 15) is 37.8 Å². The van der Waals surface area contributed by atoms with Crippen molar-refractivity contribution in [3.8, 4) is 5.75 Å². The molecule has 0 fully saturated rings. The number of phenols is 1. The minimum absolute atomic E-state index is 0.0546. The van der Waals surface area contributed by atoms with E-state index in [-0.39, 0.29) is 22.8 Å². The minimum Gasteiger partial charge on any atom is -0.507 e. The normalized spacial score (nSPS) is 12.0. The number of aromatic hydroxyl groups is 1. The summed E-state index contributed by atoms with van der Waals surface area (Å²) in [6, 6.07) is 10.0. The van der Waals surface area contributed by atoms with Crippen LogP contribution in [0.4, 0.5) is 0 Å². The van der Waals surface area contributed by atoms with Gasteiger partial charge in [-0.25, -0.2) is 17.9 Å². The van der Waals surface area contributed by atoms with Gasteiger partial charge in [0.05, 0.1) is 28.7 Å². The van der Waals surface area contributed by atoms with Gasteiger partial charge < -0.3 is 20.6 Å². The standard InChI is InChI=1S/C25H23ClN2O9S3/c26-19-4-2-1-3-14(19)11-38-13-22(30)20(9-23(31)32)28-24(33)15-7-16(39-12-15)10-27-40(36,37)17-5-6-21(29)18(8-17)25(34)35/h1-8,12,20,27,29H,9-11,13H2,(H,28,33)(H,31,32)(H,34,35)/t20-/m0/s1. The Labute approximate surface area is 242 Å². The summed E-state index contributed by atoms with van der Waals surface area (Å²) >= 11 is 8.39. The maximum atomic E-state index is 12.8. The van der Waals surface area contributed by atoms with Crippen molar-refractivity contribution in [1.82, 2.24) is 10.0 Å². The minimum atomic E-state index is -4.16. The van der Waals surface area contributed by atoms with Crippen LogP contribution in [-0.2, 0) is 31.9 Å². The Kier molecular flexibility index (Phi) is 10.7. The number of benzene rings is 2. The molecule has 0 aliphatic rings. The summed E-state index contributed by atoms with van der Waals surface area (Å²) < 4.78 is 27.5. The fraction of sp³-hybridized carbons (Fsp3) is 0.200. The number of rotatable bonds is 14. The summed E-state index contributed by atoms with van der Waals surface area (Å²) in [6.07, 6.45) is -0.612. The Morgan fingerprint density at radius 3 is 2.45 bits per heavy atom. The van der Waals surface area contributed by atoms with Crippen molar-refractivity contribution in [2.45, 2.75) is 29.7 Å². The Balaban J connectivity index is 1.61. The zero-order valence-corrected chi connectivity index (χ0v) is 23.7. The number of hydrogen-bond donors (Lipinski definition) is 5. The monoisotopic (exact) mass is 626 g/mol. The number of aliphatic carboxylic acids is 1. The van der Waals surface area contributed by atoms with Crippen LogP contribution < -0.4 is 10.0 Å². The Bertz CT molecular complexity index is 1540. The van der Waals surface area contributed by atoms with Gasteiger partial charge in [0, 0.05) is 27.6 Å². The van der Waals surface area contributed by atoms with Gasteiger partial charge in [-0.15, -0.1) is 23.1 Å². The number of thiophene rings is 1. The largest absolute Gasteiger partial charge is 0.507 e. The molecule has 0 unspecified atom stereocenters. The molecule has 3 rings (SSSR count). The smallest absolute Gasteiger partial charge is 0.339 e. The Morgan fingerprint density at radius 2 is 1.77 bits per heavy atom. The summed E-state index contributed by atoms with van der Waals surface area (Å²) in [5.41, 5.74) is 0.338. The summed E-state index contributed by atoms with van der Waals surface area (Å²) in [5.74, 6) is -4.17. The van der Waals surface area contributed by atoms with Crippen LogP contribution in [0.2, 0.25) is 5.02 Å². The number of carbonyl (C=O) groups excluding carboxylic acids is 2. The number of sulfonamides is 1. The van der Waals surface area contributed by atoms with E-state index in [4.69, 9.17) is 16.7 Å². The lowest BCUT2D eigenvalue weighted by molar-refractivity contribution is -0.139. The summed E-state index contributed by atoms with van der Waals surface area (Å²) in [5, 5.41) is 32.3. The number of Topliss-reactive ketones (excluding diaryl/α,β-unsaturated/α-hetero) is 1. The molecule has 3 aromatic rings. The number of amides is 1. The van der Waals surface area contributed by atoms with Crippen molar-refractivity contribution in [3.05, 3.63) is 80.5 Å². The van der Waals surface area contributed by atoms with Crippen molar-refractivity contribution in [1.29, 1.82) is 0 Å². The van der Waals surface area contributed by atoms with E-state index in [2.05, 4.69) is 10.0 Å². The van der Waals surface area contributed by atoms with Gasteiger partial charge >= 0.3 is 11.9 Å². The van der Waals surface area contributed by atoms with Gasteiger partial charge in [-0.05, 0) is 35.9 Å². The van der Waals surface area contributed by atoms with Gasteiger partial charge in [0.25, 0.3) is 5.91 Å². The van der Waals surface area contributed by atoms with Crippen LogP contribution in [0.3, 0.4) is 0 Å². The quantitative estimate of drug-likeness (QED) is 0.177. The Hall–Kier alpha value is -3.43. The molecular weight excluding hydrogens is 604 g/mol. The predicted octanol–water partition coefficient (Wildman–Crippen LogP) is 3.36. The lowest BCUT2D eigenvalue weighted by Crippen LogP contribution is -2.43. The Morgan fingerprint density at radius 1 is 1.05 bits per heavy atom. The van der Waals surface area contributed by atoms with Gasteiger partial charge in [0.15, 0.2) is 5.78 Å². The van der Waals surface area contributed by atoms with Gasteiger partial charge in [0.1, 0.15) is 11.3 Å². The molecule has 5 N–H and O–H groups in total. The highest BCUT2D eigenvalue weighted by atomic mass is 35.5. The fourth-order valence-corrected chi connectivity index (χ4v) is 6.52. The second kappa shape index (κ2) is 13.8. The van der Waals surface area contributed by atoms with Crippen LogP contribution in [0.15, 0.2) is 58.8 Å². The van der Waals surface area contributed by atoms with E-state index in [0.717, 1.165) is 35.1 Å². The van der Waals surface area contributed by atoms with Gasteiger partial charge in [-0.2, -0.15) is 0 Å². The van der Waals surface area contributed by atoms with E-state index in [0.29, 0.717) is 15.7 Å². The zero-order chi connectivity index (χ0) is 29.4. The van der Waals surface area contributed by atoms with Crippen LogP contribution in [-0.4, -0.2) is 59.2 Å². The maximum absolute atomic E-state index is 12.8.